The van der Waals surface area contributed by atoms with E-state index in [1.165, 1.54) is 45.4 Å². The van der Waals surface area contributed by atoms with Gasteiger partial charge in [-0.2, -0.15) is 0 Å². The van der Waals surface area contributed by atoms with Crippen molar-refractivity contribution in [2.24, 2.45) is 0 Å². The molecule has 136 valence electrons. The molecule has 2 aliphatic rings. The Labute approximate surface area is 144 Å². The molecule has 0 bridgehead atoms. The van der Waals surface area contributed by atoms with Gasteiger partial charge in [0.05, 0.1) is 0 Å². The number of hydrogen-bond donors (Lipinski definition) is 2. The van der Waals surface area contributed by atoms with Crippen molar-refractivity contribution < 1.29 is 0 Å². The van der Waals surface area contributed by atoms with Crippen LogP contribution in [0.5, 0.6) is 0 Å². The van der Waals surface area contributed by atoms with Gasteiger partial charge >= 0.3 is 0 Å². The monoisotopic (exact) mass is 324 g/mol. The Morgan fingerprint density at radius 3 is 2.09 bits per heavy atom. The summed E-state index contributed by atoms with van der Waals surface area (Å²) in [5.41, 5.74) is 0. The van der Waals surface area contributed by atoms with E-state index in [0.29, 0.717) is 36.3 Å². The minimum Gasteiger partial charge on any atom is -0.310 e. The molecule has 2 fully saturated rings. The molecule has 0 radical (unpaired) electrons. The summed E-state index contributed by atoms with van der Waals surface area (Å²) in [6.45, 7) is 18.8. The van der Waals surface area contributed by atoms with Gasteiger partial charge in [0.25, 0.3) is 0 Å². The van der Waals surface area contributed by atoms with E-state index in [1.807, 2.05) is 0 Å². The van der Waals surface area contributed by atoms with E-state index in [0.717, 1.165) is 0 Å². The van der Waals surface area contributed by atoms with Crippen LogP contribution in [0.4, 0.5) is 0 Å². The number of nitrogens with one attached hydrogen (secondary N) is 2. The van der Waals surface area contributed by atoms with E-state index in [9.17, 15) is 0 Å². The van der Waals surface area contributed by atoms with E-state index in [1.54, 1.807) is 0 Å². The molecule has 2 N–H and O–H groups in total. The zero-order valence-corrected chi connectivity index (χ0v) is 16.3. The molecule has 4 nitrogen and oxygen atoms in total. The number of rotatable bonds is 9. The lowest BCUT2D eigenvalue weighted by Crippen LogP contribution is -2.61. The Kier molecular flexibility index (Phi) is 7.33. The van der Waals surface area contributed by atoms with Gasteiger partial charge in [0, 0.05) is 62.4 Å². The van der Waals surface area contributed by atoms with Crippen LogP contribution in [0.3, 0.4) is 0 Å². The van der Waals surface area contributed by atoms with E-state index < -0.39 is 0 Å². The van der Waals surface area contributed by atoms with Crippen LogP contribution in [0, 0.1) is 0 Å². The first-order valence-electron chi connectivity index (χ1n) is 9.85. The van der Waals surface area contributed by atoms with Crippen LogP contribution in [0.15, 0.2) is 0 Å². The Morgan fingerprint density at radius 1 is 0.826 bits per heavy atom. The highest BCUT2D eigenvalue weighted by molar-refractivity contribution is 4.90. The summed E-state index contributed by atoms with van der Waals surface area (Å²) in [5.74, 6) is 0. The maximum atomic E-state index is 3.81. The molecule has 0 aliphatic carbocycles. The average molecular weight is 325 g/mol. The van der Waals surface area contributed by atoms with Gasteiger partial charge in [-0.25, -0.2) is 0 Å². The molecule has 2 rings (SSSR count). The molecule has 0 aromatic rings. The first-order valence-corrected chi connectivity index (χ1v) is 9.85. The molecular formula is C19H40N4. The Balaban J connectivity index is 1.58. The predicted molar refractivity (Wildman–Crippen MR) is 100 cm³/mol. The third kappa shape index (κ3) is 6.00. The van der Waals surface area contributed by atoms with E-state index in [-0.39, 0.29) is 0 Å². The Hall–Kier alpha value is -0.160. The topological polar surface area (TPSA) is 30.5 Å². The van der Waals surface area contributed by atoms with Crippen LogP contribution < -0.4 is 10.6 Å². The molecule has 2 saturated heterocycles. The van der Waals surface area contributed by atoms with Gasteiger partial charge in [-0.15, -0.1) is 0 Å². The standard InChI is InChI=1S/C19H40N4/c1-14(2)20-18-9-10-22(11-18)17(6)8-7-16(5)21-19-12-23(13-19)15(3)4/h14-21H,7-13H2,1-6H3/t16?,17?,18-/m0/s1. The van der Waals surface area contributed by atoms with Gasteiger partial charge in [-0.3, -0.25) is 9.80 Å². The minimum atomic E-state index is 0.604. The summed E-state index contributed by atoms with van der Waals surface area (Å²) in [4.78, 5) is 5.22. The van der Waals surface area contributed by atoms with Crippen molar-refractivity contribution in [3.63, 3.8) is 0 Å². The van der Waals surface area contributed by atoms with Crippen LogP contribution in [0.2, 0.25) is 0 Å². The predicted octanol–water partition coefficient (Wildman–Crippen LogP) is 2.30. The highest BCUT2D eigenvalue weighted by Crippen LogP contribution is 2.18. The highest BCUT2D eigenvalue weighted by atomic mass is 15.3. The summed E-state index contributed by atoms with van der Waals surface area (Å²) in [5, 5.41) is 7.50. The number of hydrogen-bond acceptors (Lipinski definition) is 4. The fourth-order valence-corrected chi connectivity index (χ4v) is 3.99. The van der Waals surface area contributed by atoms with Crippen LogP contribution in [-0.4, -0.2) is 72.2 Å². The molecule has 23 heavy (non-hydrogen) atoms. The van der Waals surface area contributed by atoms with Crippen molar-refractivity contribution in [2.45, 2.75) is 97.1 Å². The zero-order valence-electron chi connectivity index (χ0n) is 16.3. The molecule has 0 aromatic heterocycles. The quantitative estimate of drug-likeness (QED) is 0.681. The molecule has 0 spiro atoms. The van der Waals surface area contributed by atoms with E-state index in [4.69, 9.17) is 0 Å². The Bertz CT molecular complexity index is 338. The zero-order chi connectivity index (χ0) is 17.0. The molecule has 2 unspecified atom stereocenters. The third-order valence-corrected chi connectivity index (χ3v) is 5.59. The molecule has 3 atom stereocenters. The molecule has 2 aliphatic heterocycles. The smallest absolute Gasteiger partial charge is 0.0325 e. The largest absolute Gasteiger partial charge is 0.310 e. The maximum absolute atomic E-state index is 3.81. The van der Waals surface area contributed by atoms with Crippen molar-refractivity contribution in [1.82, 2.24) is 20.4 Å². The molecule has 2 heterocycles. The van der Waals surface area contributed by atoms with Crippen LogP contribution in [0.1, 0.15) is 60.8 Å². The minimum absolute atomic E-state index is 0.604. The highest BCUT2D eigenvalue weighted by Gasteiger charge is 2.30. The fraction of sp³-hybridized carbons (Fsp3) is 1.00. The van der Waals surface area contributed by atoms with Gasteiger partial charge < -0.3 is 10.6 Å². The normalized spacial score (nSPS) is 26.9. The summed E-state index contributed by atoms with van der Waals surface area (Å²) >= 11 is 0. The van der Waals surface area contributed by atoms with Gasteiger partial charge in [-0.1, -0.05) is 13.8 Å². The van der Waals surface area contributed by atoms with E-state index in [2.05, 4.69) is 62.0 Å². The summed E-state index contributed by atoms with van der Waals surface area (Å²) in [6.07, 6.45) is 3.91. The van der Waals surface area contributed by atoms with Crippen molar-refractivity contribution in [2.75, 3.05) is 26.2 Å². The molecular weight excluding hydrogens is 284 g/mol. The van der Waals surface area contributed by atoms with E-state index >= 15 is 0 Å². The maximum Gasteiger partial charge on any atom is 0.0325 e. The van der Waals surface area contributed by atoms with Crippen molar-refractivity contribution in [1.29, 1.82) is 0 Å². The van der Waals surface area contributed by atoms with Crippen LogP contribution in [-0.2, 0) is 0 Å². The second-order valence-electron chi connectivity index (χ2n) is 8.54. The van der Waals surface area contributed by atoms with Crippen molar-refractivity contribution in [3.05, 3.63) is 0 Å². The Morgan fingerprint density at radius 2 is 1.48 bits per heavy atom. The van der Waals surface area contributed by atoms with Gasteiger partial charge in [0.2, 0.25) is 0 Å². The van der Waals surface area contributed by atoms with Crippen LogP contribution >= 0.6 is 0 Å². The lowest BCUT2D eigenvalue weighted by Gasteiger charge is -2.43. The van der Waals surface area contributed by atoms with Gasteiger partial charge in [-0.05, 0) is 47.0 Å². The average Bonchev–Trinajstić information content (AvgIpc) is 2.86. The fourth-order valence-electron chi connectivity index (χ4n) is 3.99. The summed E-state index contributed by atoms with van der Waals surface area (Å²) in [6, 6.07) is 4.08. The SMILES string of the molecule is CC(C)N[C@H]1CCN(C(C)CCC(C)NC2CN(C(C)C)C2)C1. The third-order valence-electron chi connectivity index (χ3n) is 5.59. The van der Waals surface area contributed by atoms with Crippen molar-refractivity contribution >= 4 is 0 Å². The van der Waals surface area contributed by atoms with Gasteiger partial charge in [0.15, 0.2) is 0 Å². The number of nitrogens with zero attached hydrogens (tertiary/aromatic N) is 2. The first kappa shape index (κ1) is 19.2. The first-order chi connectivity index (χ1) is 10.8. The molecule has 0 amide bonds. The van der Waals surface area contributed by atoms with Crippen molar-refractivity contribution in [3.8, 4) is 0 Å². The molecule has 4 heteroatoms. The lowest BCUT2D eigenvalue weighted by molar-refractivity contribution is 0.0847. The molecule has 0 saturated carbocycles. The second-order valence-corrected chi connectivity index (χ2v) is 8.54. The molecule has 0 aromatic carbocycles. The number of likely N-dealkylation sites (tertiary alicyclic amines) is 2. The van der Waals surface area contributed by atoms with Crippen LogP contribution in [0.25, 0.3) is 0 Å². The lowest BCUT2D eigenvalue weighted by atomic mass is 10.0. The summed E-state index contributed by atoms with van der Waals surface area (Å²) < 4.78 is 0. The van der Waals surface area contributed by atoms with Gasteiger partial charge in [0.1, 0.15) is 0 Å². The summed E-state index contributed by atoms with van der Waals surface area (Å²) in [7, 11) is 0. The second kappa shape index (κ2) is 8.80.